The number of carbonyl (C=O) groups is 1. The second-order valence-corrected chi connectivity index (χ2v) is 8.08. The number of hydrogen-bond donors (Lipinski definition) is 0. The normalized spacial score (nSPS) is 21.2. The van der Waals surface area contributed by atoms with Gasteiger partial charge in [0, 0.05) is 13.2 Å². The van der Waals surface area contributed by atoms with Crippen molar-refractivity contribution in [1.29, 1.82) is 0 Å². The highest BCUT2D eigenvalue weighted by Crippen LogP contribution is 2.39. The van der Waals surface area contributed by atoms with Crippen molar-refractivity contribution in [2.75, 3.05) is 13.2 Å². The van der Waals surface area contributed by atoms with Gasteiger partial charge in [-0.25, -0.2) is 0 Å². The average molecular weight is 389 g/mol. The fraction of sp³-hybridized carbons (Fsp3) is 0.333. The molecule has 5 rings (SSSR count). The van der Waals surface area contributed by atoms with Gasteiger partial charge in [-0.3, -0.25) is 9.59 Å². The molecule has 1 aromatic heterocycles. The largest absolute Gasteiger partial charge is 0.450 e. The van der Waals surface area contributed by atoms with Crippen LogP contribution in [0.15, 0.2) is 51.7 Å². The van der Waals surface area contributed by atoms with Crippen molar-refractivity contribution in [2.45, 2.75) is 38.8 Å². The second-order valence-electron chi connectivity index (χ2n) is 8.08. The quantitative estimate of drug-likeness (QED) is 0.676. The summed E-state index contributed by atoms with van der Waals surface area (Å²) in [5.74, 6) is -0.0735. The van der Waals surface area contributed by atoms with Crippen molar-refractivity contribution in [3.63, 3.8) is 0 Å². The second kappa shape index (κ2) is 6.85. The van der Waals surface area contributed by atoms with Gasteiger partial charge in [0.2, 0.25) is 5.76 Å². The van der Waals surface area contributed by atoms with Gasteiger partial charge in [-0.2, -0.15) is 0 Å². The maximum atomic E-state index is 13.5. The van der Waals surface area contributed by atoms with Crippen LogP contribution in [0.5, 0.6) is 0 Å². The summed E-state index contributed by atoms with van der Waals surface area (Å²) < 4.78 is 11.8. The van der Waals surface area contributed by atoms with Crippen LogP contribution in [0.2, 0.25) is 0 Å². The van der Waals surface area contributed by atoms with E-state index in [0.717, 1.165) is 36.1 Å². The van der Waals surface area contributed by atoms with Crippen LogP contribution in [0, 0.1) is 13.8 Å². The molecule has 5 heteroatoms. The molecule has 148 valence electrons. The standard InChI is InChI=1S/C24H23NO4/c1-14-5-8-16(9-6-14)21-20-22(26)18-12-15(2)7-10-19(18)29-23(20)24(27)25(21)13-17-4-3-11-28-17/h5-10,12,17,21H,3-4,11,13H2,1-2H3/t17-,21-/m0/s1. The van der Waals surface area contributed by atoms with Crippen molar-refractivity contribution in [2.24, 2.45) is 0 Å². The number of carbonyl (C=O) groups excluding carboxylic acids is 1. The molecule has 0 aliphatic carbocycles. The Morgan fingerprint density at radius 3 is 2.52 bits per heavy atom. The first-order valence-corrected chi connectivity index (χ1v) is 10.1. The number of rotatable bonds is 3. The van der Waals surface area contributed by atoms with E-state index in [-0.39, 0.29) is 23.2 Å². The van der Waals surface area contributed by atoms with Gasteiger partial charge >= 0.3 is 0 Å². The molecule has 5 nitrogen and oxygen atoms in total. The van der Waals surface area contributed by atoms with Gasteiger partial charge in [-0.05, 0) is 44.4 Å². The lowest BCUT2D eigenvalue weighted by molar-refractivity contribution is 0.0486. The van der Waals surface area contributed by atoms with E-state index in [1.165, 1.54) is 0 Å². The predicted octanol–water partition coefficient (Wildman–Crippen LogP) is 4.13. The zero-order valence-electron chi connectivity index (χ0n) is 16.6. The Morgan fingerprint density at radius 2 is 1.79 bits per heavy atom. The molecule has 3 aromatic rings. The molecule has 2 aliphatic heterocycles. The van der Waals surface area contributed by atoms with Crippen molar-refractivity contribution in [1.82, 2.24) is 4.90 Å². The zero-order valence-corrected chi connectivity index (χ0v) is 16.6. The molecular weight excluding hydrogens is 366 g/mol. The fourth-order valence-electron chi connectivity index (χ4n) is 4.43. The fourth-order valence-corrected chi connectivity index (χ4v) is 4.43. The number of ether oxygens (including phenoxy) is 1. The smallest absolute Gasteiger partial charge is 0.291 e. The summed E-state index contributed by atoms with van der Waals surface area (Å²) in [6.45, 7) is 5.14. The Hall–Kier alpha value is -2.92. The number of amides is 1. The van der Waals surface area contributed by atoms with Gasteiger partial charge in [-0.1, -0.05) is 41.5 Å². The minimum Gasteiger partial charge on any atom is -0.450 e. The Kier molecular flexibility index (Phi) is 4.28. The molecule has 0 bridgehead atoms. The van der Waals surface area contributed by atoms with Crippen LogP contribution in [0.4, 0.5) is 0 Å². The number of hydrogen-bond acceptors (Lipinski definition) is 4. The first-order chi connectivity index (χ1) is 14.0. The van der Waals surface area contributed by atoms with Gasteiger partial charge < -0.3 is 14.1 Å². The SMILES string of the molecule is Cc1ccc([C@H]2c3c(oc4ccc(C)cc4c3=O)C(=O)N2C[C@@H]2CCCO2)cc1. The number of nitrogens with zero attached hydrogens (tertiary/aromatic N) is 1. The first-order valence-electron chi connectivity index (χ1n) is 10.1. The lowest BCUT2D eigenvalue weighted by Crippen LogP contribution is -2.36. The van der Waals surface area contributed by atoms with E-state index in [0.29, 0.717) is 23.1 Å². The topological polar surface area (TPSA) is 59.8 Å². The van der Waals surface area contributed by atoms with Crippen LogP contribution in [-0.4, -0.2) is 30.1 Å². The van der Waals surface area contributed by atoms with Crippen molar-refractivity contribution < 1.29 is 13.9 Å². The molecule has 0 N–H and O–H groups in total. The van der Waals surface area contributed by atoms with Gasteiger partial charge in [0.15, 0.2) is 5.43 Å². The molecule has 2 aromatic carbocycles. The van der Waals surface area contributed by atoms with Gasteiger partial charge in [0.25, 0.3) is 5.91 Å². The van der Waals surface area contributed by atoms with Gasteiger partial charge in [0.1, 0.15) is 5.58 Å². The molecular formula is C24H23NO4. The van der Waals surface area contributed by atoms with E-state index in [9.17, 15) is 9.59 Å². The number of benzene rings is 2. The van der Waals surface area contributed by atoms with Crippen LogP contribution in [0.3, 0.4) is 0 Å². The summed E-state index contributed by atoms with van der Waals surface area (Å²) in [6.07, 6.45) is 1.91. The molecule has 0 spiro atoms. The molecule has 2 aliphatic rings. The van der Waals surface area contributed by atoms with Crippen LogP contribution in [0.25, 0.3) is 11.0 Å². The summed E-state index contributed by atoms with van der Waals surface area (Å²) in [5, 5.41) is 0.521. The Morgan fingerprint density at radius 1 is 1.03 bits per heavy atom. The van der Waals surface area contributed by atoms with E-state index < -0.39 is 6.04 Å². The van der Waals surface area contributed by atoms with Crippen molar-refractivity contribution in [3.8, 4) is 0 Å². The molecule has 1 saturated heterocycles. The maximum absolute atomic E-state index is 13.5. The van der Waals surface area contributed by atoms with Crippen LogP contribution in [-0.2, 0) is 4.74 Å². The molecule has 2 atom stereocenters. The molecule has 3 heterocycles. The zero-order chi connectivity index (χ0) is 20.1. The third kappa shape index (κ3) is 2.97. The molecule has 1 fully saturated rings. The Labute approximate surface area is 168 Å². The molecule has 29 heavy (non-hydrogen) atoms. The van der Waals surface area contributed by atoms with Gasteiger partial charge in [-0.15, -0.1) is 0 Å². The van der Waals surface area contributed by atoms with Crippen molar-refractivity contribution in [3.05, 3.63) is 80.7 Å². The third-order valence-corrected chi connectivity index (χ3v) is 5.94. The van der Waals surface area contributed by atoms with E-state index >= 15 is 0 Å². The van der Waals surface area contributed by atoms with Crippen molar-refractivity contribution >= 4 is 16.9 Å². The minimum absolute atomic E-state index is 0.00651. The van der Waals surface area contributed by atoms with Crippen LogP contribution < -0.4 is 5.43 Å². The minimum atomic E-state index is -0.455. The third-order valence-electron chi connectivity index (χ3n) is 5.94. The number of aryl methyl sites for hydroxylation is 2. The Bertz CT molecular complexity index is 1160. The monoisotopic (exact) mass is 389 g/mol. The molecule has 1 amide bonds. The van der Waals surface area contributed by atoms with E-state index in [4.69, 9.17) is 9.15 Å². The predicted molar refractivity (Wildman–Crippen MR) is 110 cm³/mol. The van der Waals surface area contributed by atoms with E-state index in [1.54, 1.807) is 11.0 Å². The summed E-state index contributed by atoms with van der Waals surface area (Å²) in [4.78, 5) is 28.6. The summed E-state index contributed by atoms with van der Waals surface area (Å²) in [6, 6.07) is 13.0. The van der Waals surface area contributed by atoms with Gasteiger partial charge in [0.05, 0.1) is 23.1 Å². The summed E-state index contributed by atoms with van der Waals surface area (Å²) in [5.41, 5.74) is 3.80. The van der Waals surface area contributed by atoms with Crippen LogP contribution >= 0.6 is 0 Å². The first kappa shape index (κ1) is 18.1. The lowest BCUT2D eigenvalue weighted by atomic mass is 9.97. The highest BCUT2D eigenvalue weighted by molar-refractivity contribution is 5.99. The maximum Gasteiger partial charge on any atom is 0.291 e. The summed E-state index contributed by atoms with van der Waals surface area (Å²) in [7, 11) is 0. The highest BCUT2D eigenvalue weighted by atomic mass is 16.5. The van der Waals surface area contributed by atoms with E-state index in [2.05, 4.69) is 0 Å². The highest BCUT2D eigenvalue weighted by Gasteiger charge is 2.43. The number of fused-ring (bicyclic) bond motifs is 2. The average Bonchev–Trinajstić information content (AvgIpc) is 3.32. The summed E-state index contributed by atoms with van der Waals surface area (Å²) >= 11 is 0. The Balaban J connectivity index is 1.71. The molecule has 0 radical (unpaired) electrons. The molecule has 0 unspecified atom stereocenters. The lowest BCUT2D eigenvalue weighted by Gasteiger charge is -2.27. The van der Waals surface area contributed by atoms with E-state index in [1.807, 2.05) is 50.2 Å². The molecule has 0 saturated carbocycles. The van der Waals surface area contributed by atoms with Crippen LogP contribution in [0.1, 0.15) is 51.7 Å².